The van der Waals surface area contributed by atoms with Gasteiger partial charge in [-0.3, -0.25) is 5.32 Å². The Bertz CT molecular complexity index is 746. The van der Waals surface area contributed by atoms with E-state index in [1.165, 1.54) is 12.8 Å². The Labute approximate surface area is 147 Å². The Kier molecular flexibility index (Phi) is 4.44. The average Bonchev–Trinajstić information content (AvgIpc) is 3.24. The van der Waals surface area contributed by atoms with Gasteiger partial charge in [0.05, 0.1) is 17.5 Å². The molecule has 25 heavy (non-hydrogen) atoms. The molecule has 2 aromatic rings. The number of rotatable bonds is 5. The van der Waals surface area contributed by atoms with E-state index in [0.29, 0.717) is 12.5 Å². The lowest BCUT2D eigenvalue weighted by Gasteiger charge is -2.13. The number of anilines is 1. The topological polar surface area (TPSA) is 68.2 Å². The van der Waals surface area contributed by atoms with Crippen LogP contribution in [0, 0.1) is 6.92 Å². The molecule has 1 aliphatic carbocycles. The van der Waals surface area contributed by atoms with Crippen molar-refractivity contribution < 1.29 is 9.53 Å². The molecule has 0 bridgehead atoms. The van der Waals surface area contributed by atoms with E-state index < -0.39 is 0 Å². The number of hydrogen-bond acceptors (Lipinski definition) is 3. The van der Waals surface area contributed by atoms with Crippen LogP contribution in [0.15, 0.2) is 30.3 Å². The van der Waals surface area contributed by atoms with Crippen molar-refractivity contribution in [1.29, 1.82) is 0 Å². The number of urea groups is 1. The summed E-state index contributed by atoms with van der Waals surface area (Å²) in [4.78, 5) is 12.4. The van der Waals surface area contributed by atoms with Crippen LogP contribution >= 0.6 is 0 Å². The summed E-state index contributed by atoms with van der Waals surface area (Å²) < 4.78 is 7.40. The van der Waals surface area contributed by atoms with Gasteiger partial charge >= 0.3 is 6.03 Å². The summed E-state index contributed by atoms with van der Waals surface area (Å²) in [5.74, 6) is 1.28. The Morgan fingerprint density at radius 1 is 1.28 bits per heavy atom. The summed E-state index contributed by atoms with van der Waals surface area (Å²) in [5, 5.41) is 10.7. The quantitative estimate of drug-likeness (QED) is 0.877. The van der Waals surface area contributed by atoms with Crippen molar-refractivity contribution in [2.75, 3.05) is 18.5 Å². The van der Waals surface area contributed by atoms with Crippen molar-refractivity contribution in [3.8, 4) is 5.69 Å². The minimum Gasteiger partial charge on any atom is -0.376 e. The molecule has 6 nitrogen and oxygen atoms in total. The van der Waals surface area contributed by atoms with Crippen molar-refractivity contribution >= 4 is 11.8 Å². The summed E-state index contributed by atoms with van der Waals surface area (Å²) in [7, 11) is 0. The first-order valence-corrected chi connectivity index (χ1v) is 9.04. The van der Waals surface area contributed by atoms with E-state index in [4.69, 9.17) is 9.84 Å². The maximum Gasteiger partial charge on any atom is 0.320 e. The van der Waals surface area contributed by atoms with Crippen LogP contribution in [0.1, 0.15) is 42.9 Å². The number of carbonyl (C=O) groups is 1. The first-order chi connectivity index (χ1) is 12.2. The van der Waals surface area contributed by atoms with Gasteiger partial charge in [0.15, 0.2) is 0 Å². The highest BCUT2D eigenvalue weighted by atomic mass is 16.5. The van der Waals surface area contributed by atoms with Gasteiger partial charge in [0.2, 0.25) is 0 Å². The maximum atomic E-state index is 12.4. The number of para-hydroxylation sites is 1. The highest BCUT2D eigenvalue weighted by Crippen LogP contribution is 2.42. The zero-order valence-corrected chi connectivity index (χ0v) is 14.5. The first-order valence-electron chi connectivity index (χ1n) is 9.04. The average molecular weight is 340 g/mol. The largest absolute Gasteiger partial charge is 0.376 e. The highest BCUT2D eigenvalue weighted by molar-refractivity contribution is 5.89. The number of aromatic nitrogens is 2. The fraction of sp³-hybridized carbons (Fsp3) is 0.474. The van der Waals surface area contributed by atoms with Crippen LogP contribution < -0.4 is 10.6 Å². The molecule has 2 N–H and O–H groups in total. The van der Waals surface area contributed by atoms with Gasteiger partial charge in [-0.05, 0) is 44.7 Å². The fourth-order valence-corrected chi connectivity index (χ4v) is 3.32. The molecule has 132 valence electrons. The lowest BCUT2D eigenvalue weighted by molar-refractivity contribution is 0.112. The number of carbonyl (C=O) groups excluding carboxylic acids is 1. The molecule has 2 aliphatic rings. The molecule has 2 amide bonds. The third-order valence-corrected chi connectivity index (χ3v) is 4.87. The molecule has 1 aliphatic heterocycles. The molecule has 2 heterocycles. The SMILES string of the molecule is Cc1c(C2CC2)nn(-c2ccccc2)c1NC(=O)NC[C@@H]1CCCO1. The van der Waals surface area contributed by atoms with Gasteiger partial charge in [0.25, 0.3) is 0 Å². The molecule has 4 rings (SSSR count). The second-order valence-corrected chi connectivity index (χ2v) is 6.85. The number of amides is 2. The smallest absolute Gasteiger partial charge is 0.320 e. The van der Waals surface area contributed by atoms with Crippen LogP contribution in [0.2, 0.25) is 0 Å². The van der Waals surface area contributed by atoms with Crippen LogP contribution in [0.3, 0.4) is 0 Å². The molecule has 0 unspecified atom stereocenters. The van der Waals surface area contributed by atoms with Gasteiger partial charge in [0, 0.05) is 24.6 Å². The molecule has 1 saturated heterocycles. The van der Waals surface area contributed by atoms with Gasteiger partial charge < -0.3 is 10.1 Å². The highest BCUT2D eigenvalue weighted by Gasteiger charge is 2.31. The predicted octanol–water partition coefficient (Wildman–Crippen LogP) is 3.36. The van der Waals surface area contributed by atoms with Crippen molar-refractivity contribution in [2.45, 2.75) is 44.6 Å². The maximum absolute atomic E-state index is 12.4. The van der Waals surface area contributed by atoms with E-state index in [2.05, 4.69) is 10.6 Å². The number of nitrogens with zero attached hydrogens (tertiary/aromatic N) is 2. The monoisotopic (exact) mass is 340 g/mol. The van der Waals surface area contributed by atoms with Crippen LogP contribution in [0.5, 0.6) is 0 Å². The van der Waals surface area contributed by atoms with Crippen LogP contribution in [-0.2, 0) is 4.74 Å². The second-order valence-electron chi connectivity index (χ2n) is 6.85. The Morgan fingerprint density at radius 2 is 2.08 bits per heavy atom. The summed E-state index contributed by atoms with van der Waals surface area (Å²) in [6.45, 7) is 3.37. The lowest BCUT2D eigenvalue weighted by Crippen LogP contribution is -2.35. The van der Waals surface area contributed by atoms with E-state index in [0.717, 1.165) is 42.2 Å². The van der Waals surface area contributed by atoms with Gasteiger partial charge in [0.1, 0.15) is 5.82 Å². The summed E-state index contributed by atoms with van der Waals surface area (Å²) in [5.41, 5.74) is 3.10. The summed E-state index contributed by atoms with van der Waals surface area (Å²) in [6, 6.07) is 9.72. The van der Waals surface area contributed by atoms with Gasteiger partial charge in [-0.2, -0.15) is 5.10 Å². The molecular formula is C19H24N4O2. The molecule has 1 aromatic heterocycles. The van der Waals surface area contributed by atoms with Gasteiger partial charge in [-0.15, -0.1) is 0 Å². The first kappa shape index (κ1) is 16.1. The van der Waals surface area contributed by atoms with Crippen molar-refractivity contribution in [1.82, 2.24) is 15.1 Å². The Balaban J connectivity index is 1.53. The molecule has 0 radical (unpaired) electrons. The van der Waals surface area contributed by atoms with Crippen LogP contribution in [0.4, 0.5) is 10.6 Å². The van der Waals surface area contributed by atoms with E-state index >= 15 is 0 Å². The molecule has 2 fully saturated rings. The zero-order chi connectivity index (χ0) is 17.2. The number of ether oxygens (including phenoxy) is 1. The number of benzene rings is 1. The van der Waals surface area contributed by atoms with Gasteiger partial charge in [-0.25, -0.2) is 9.48 Å². The predicted molar refractivity (Wildman–Crippen MR) is 96.3 cm³/mol. The normalized spacial score (nSPS) is 19.8. The van der Waals surface area contributed by atoms with E-state index in [9.17, 15) is 4.79 Å². The fourth-order valence-electron chi connectivity index (χ4n) is 3.32. The van der Waals surface area contributed by atoms with Crippen molar-refractivity contribution in [3.05, 3.63) is 41.6 Å². The van der Waals surface area contributed by atoms with Crippen molar-refractivity contribution in [2.24, 2.45) is 0 Å². The second kappa shape index (κ2) is 6.88. The van der Waals surface area contributed by atoms with Crippen LogP contribution in [0.25, 0.3) is 5.69 Å². The third-order valence-electron chi connectivity index (χ3n) is 4.87. The molecule has 1 aromatic carbocycles. The minimum absolute atomic E-state index is 0.132. The van der Waals surface area contributed by atoms with Crippen molar-refractivity contribution in [3.63, 3.8) is 0 Å². The van der Waals surface area contributed by atoms with E-state index in [-0.39, 0.29) is 12.1 Å². The minimum atomic E-state index is -0.210. The Morgan fingerprint density at radius 3 is 2.76 bits per heavy atom. The molecule has 1 saturated carbocycles. The summed E-state index contributed by atoms with van der Waals surface area (Å²) >= 11 is 0. The molecular weight excluding hydrogens is 316 g/mol. The zero-order valence-electron chi connectivity index (χ0n) is 14.5. The third kappa shape index (κ3) is 3.54. The molecule has 1 atom stereocenters. The van der Waals surface area contributed by atoms with Gasteiger partial charge in [-0.1, -0.05) is 18.2 Å². The van der Waals surface area contributed by atoms with E-state index in [1.54, 1.807) is 0 Å². The lowest BCUT2D eigenvalue weighted by atomic mass is 10.2. The summed E-state index contributed by atoms with van der Waals surface area (Å²) in [6.07, 6.45) is 4.56. The molecule has 6 heteroatoms. The molecule has 0 spiro atoms. The van der Waals surface area contributed by atoms with Crippen LogP contribution in [-0.4, -0.2) is 35.1 Å². The van der Waals surface area contributed by atoms with E-state index in [1.807, 2.05) is 41.9 Å². The standard InChI is InChI=1S/C19H24N4O2/c1-13-17(14-9-10-14)22-23(15-6-3-2-4-7-15)18(13)21-19(24)20-12-16-8-5-11-25-16/h2-4,6-7,14,16H,5,8-12H2,1H3,(H2,20,21,24)/t16-/m0/s1. The Hall–Kier alpha value is -2.34. The number of nitrogens with one attached hydrogen (secondary N) is 2. The number of hydrogen-bond donors (Lipinski definition) is 2.